The molecule has 1 aliphatic heterocycles. The third-order valence-electron chi connectivity index (χ3n) is 13.5. The molecule has 0 radical (unpaired) electrons. The summed E-state index contributed by atoms with van der Waals surface area (Å²) < 4.78 is 11.9. The normalized spacial score (nSPS) is 47.7. The highest BCUT2D eigenvalue weighted by atomic mass is 16.7. The standard InChI is InChI=1S/C35H60O6/c1-7-22(20(2)3)9-8-21(4)26-12-13-27-25-11-10-23-18-24(14-16-34(23,5)28(25)15-17-35(26,27)6)40-33-32(39)31(38)30(37)29(19-36)41-33/h10,20-22,24-33,36-39H,7-9,11-19H2,1-6H3/t21-,22?,24+,25-,26-,27+,28+,29-,30-,31+,32-,33-,34-,35-/m1/s1. The predicted octanol–water partition coefficient (Wildman–Crippen LogP) is 5.85. The van der Waals surface area contributed by atoms with Crippen LogP contribution in [0.25, 0.3) is 0 Å². The van der Waals surface area contributed by atoms with Crippen molar-refractivity contribution in [1.29, 1.82) is 0 Å². The van der Waals surface area contributed by atoms with E-state index in [9.17, 15) is 20.4 Å². The molecule has 6 nitrogen and oxygen atoms in total. The van der Waals surface area contributed by atoms with Crippen molar-refractivity contribution < 1.29 is 29.9 Å². The number of hydrogen-bond acceptors (Lipinski definition) is 6. The molecule has 5 rings (SSSR count). The van der Waals surface area contributed by atoms with Crippen LogP contribution in [0.15, 0.2) is 11.6 Å². The van der Waals surface area contributed by atoms with Crippen LogP contribution in [0.2, 0.25) is 0 Å². The summed E-state index contributed by atoms with van der Waals surface area (Å²) in [4.78, 5) is 0. The minimum absolute atomic E-state index is 0.101. The molecule has 3 saturated carbocycles. The molecule has 236 valence electrons. The smallest absolute Gasteiger partial charge is 0.186 e. The quantitative estimate of drug-likeness (QED) is 0.257. The molecule has 4 N–H and O–H groups in total. The maximum absolute atomic E-state index is 10.5. The molecular weight excluding hydrogens is 516 g/mol. The van der Waals surface area contributed by atoms with Gasteiger partial charge >= 0.3 is 0 Å². The van der Waals surface area contributed by atoms with Gasteiger partial charge in [-0.1, -0.05) is 66.0 Å². The van der Waals surface area contributed by atoms with E-state index >= 15 is 0 Å². The highest BCUT2D eigenvalue weighted by Crippen LogP contribution is 2.67. The Morgan fingerprint density at radius 2 is 1.71 bits per heavy atom. The van der Waals surface area contributed by atoms with E-state index in [0.29, 0.717) is 5.41 Å². The third-order valence-corrected chi connectivity index (χ3v) is 13.5. The first-order chi connectivity index (χ1) is 19.4. The van der Waals surface area contributed by atoms with Crippen molar-refractivity contribution in [2.75, 3.05) is 6.61 Å². The minimum Gasteiger partial charge on any atom is -0.394 e. The molecule has 4 fully saturated rings. The molecule has 5 aliphatic rings. The van der Waals surface area contributed by atoms with Gasteiger partial charge in [0.25, 0.3) is 0 Å². The number of rotatable bonds is 9. The van der Waals surface area contributed by atoms with Gasteiger partial charge in [-0.05, 0) is 110 Å². The lowest BCUT2D eigenvalue weighted by Crippen LogP contribution is -2.60. The van der Waals surface area contributed by atoms with Gasteiger partial charge in [-0.25, -0.2) is 0 Å². The molecule has 0 bridgehead atoms. The summed E-state index contributed by atoms with van der Waals surface area (Å²) >= 11 is 0. The zero-order valence-corrected chi connectivity index (χ0v) is 26.7. The highest BCUT2D eigenvalue weighted by molar-refractivity contribution is 5.25. The summed E-state index contributed by atoms with van der Waals surface area (Å²) in [5.41, 5.74) is 2.19. The first kappa shape index (κ1) is 31.9. The van der Waals surface area contributed by atoms with E-state index in [4.69, 9.17) is 9.47 Å². The van der Waals surface area contributed by atoms with Crippen LogP contribution in [0.3, 0.4) is 0 Å². The summed E-state index contributed by atoms with van der Waals surface area (Å²) in [6.07, 6.45) is 9.92. The SMILES string of the molecule is CCC(CC[C@@H](C)[C@H]1CC[C@H]2[C@H]3CC=C4C[C@@H](O[C@@H]5O[C@H](CO)[C@@H](O)[C@H](O)[C@H]5O)CC[C@@]4(C)[C@H]3CC[C@]12C)C(C)C. The number of hydrogen-bond donors (Lipinski definition) is 4. The minimum atomic E-state index is -1.40. The number of aliphatic hydroxyl groups is 4. The molecule has 0 amide bonds. The summed E-state index contributed by atoms with van der Waals surface area (Å²) in [6, 6.07) is 0. The molecule has 0 aromatic rings. The van der Waals surface area contributed by atoms with E-state index in [-0.39, 0.29) is 11.5 Å². The first-order valence-corrected chi connectivity index (χ1v) is 17.1. The topological polar surface area (TPSA) is 99.4 Å². The van der Waals surface area contributed by atoms with E-state index in [1.807, 2.05) is 0 Å². The van der Waals surface area contributed by atoms with Gasteiger partial charge in [0.05, 0.1) is 12.7 Å². The molecule has 14 atom stereocenters. The fraction of sp³-hybridized carbons (Fsp3) is 0.943. The molecule has 0 aromatic carbocycles. The van der Waals surface area contributed by atoms with E-state index < -0.39 is 37.3 Å². The number of aliphatic hydroxyl groups excluding tert-OH is 4. The molecule has 1 unspecified atom stereocenters. The summed E-state index contributed by atoms with van der Waals surface area (Å²) in [6.45, 7) is 14.5. The summed E-state index contributed by atoms with van der Waals surface area (Å²) in [7, 11) is 0. The molecule has 1 saturated heterocycles. The molecule has 1 heterocycles. The van der Waals surface area contributed by atoms with Gasteiger partial charge in [0.1, 0.15) is 24.4 Å². The fourth-order valence-corrected chi connectivity index (χ4v) is 10.8. The van der Waals surface area contributed by atoms with Crippen LogP contribution in [-0.4, -0.2) is 63.8 Å². The van der Waals surface area contributed by atoms with Crippen molar-refractivity contribution in [3.05, 3.63) is 11.6 Å². The van der Waals surface area contributed by atoms with Crippen LogP contribution in [0.4, 0.5) is 0 Å². The lowest BCUT2D eigenvalue weighted by atomic mass is 9.47. The monoisotopic (exact) mass is 576 g/mol. The van der Waals surface area contributed by atoms with Crippen LogP contribution in [0.5, 0.6) is 0 Å². The predicted molar refractivity (Wildman–Crippen MR) is 161 cm³/mol. The van der Waals surface area contributed by atoms with Gasteiger partial charge < -0.3 is 29.9 Å². The van der Waals surface area contributed by atoms with Crippen LogP contribution in [0, 0.1) is 52.3 Å². The third kappa shape index (κ3) is 5.73. The van der Waals surface area contributed by atoms with Gasteiger partial charge in [0.15, 0.2) is 6.29 Å². The van der Waals surface area contributed by atoms with Crippen molar-refractivity contribution in [3.63, 3.8) is 0 Å². The van der Waals surface area contributed by atoms with E-state index in [0.717, 1.165) is 60.7 Å². The second-order valence-electron chi connectivity index (χ2n) is 15.7. The Balaban J connectivity index is 1.24. The lowest BCUT2D eigenvalue weighted by Gasteiger charge is -2.58. The maximum atomic E-state index is 10.5. The summed E-state index contributed by atoms with van der Waals surface area (Å²) in [5.74, 6) is 5.66. The first-order valence-electron chi connectivity index (χ1n) is 17.1. The molecule has 0 aromatic heterocycles. The van der Waals surface area contributed by atoms with Crippen molar-refractivity contribution in [1.82, 2.24) is 0 Å². The maximum Gasteiger partial charge on any atom is 0.186 e. The van der Waals surface area contributed by atoms with Gasteiger partial charge in [-0.3, -0.25) is 0 Å². The number of fused-ring (bicyclic) bond motifs is 5. The average molecular weight is 577 g/mol. The average Bonchev–Trinajstić information content (AvgIpc) is 3.30. The van der Waals surface area contributed by atoms with Gasteiger partial charge in [0, 0.05) is 0 Å². The van der Waals surface area contributed by atoms with Crippen LogP contribution in [-0.2, 0) is 9.47 Å². The molecule has 0 spiro atoms. The second-order valence-corrected chi connectivity index (χ2v) is 15.7. The van der Waals surface area contributed by atoms with Crippen molar-refractivity contribution in [2.45, 2.75) is 149 Å². The van der Waals surface area contributed by atoms with Gasteiger partial charge in [-0.15, -0.1) is 0 Å². The Kier molecular flexibility index (Phi) is 9.71. The molecule has 41 heavy (non-hydrogen) atoms. The van der Waals surface area contributed by atoms with Gasteiger partial charge in [-0.2, -0.15) is 0 Å². The molecule has 6 heteroatoms. The molecular formula is C35H60O6. The van der Waals surface area contributed by atoms with Crippen LogP contribution in [0.1, 0.15) is 112 Å². The number of ether oxygens (including phenoxy) is 2. The molecule has 4 aliphatic carbocycles. The zero-order valence-electron chi connectivity index (χ0n) is 26.7. The largest absolute Gasteiger partial charge is 0.394 e. The van der Waals surface area contributed by atoms with Crippen molar-refractivity contribution in [3.8, 4) is 0 Å². The number of allylic oxidation sites excluding steroid dienone is 1. The fourth-order valence-electron chi connectivity index (χ4n) is 10.8. The Labute approximate surface area is 249 Å². The van der Waals surface area contributed by atoms with Crippen molar-refractivity contribution in [2.24, 2.45) is 52.3 Å². The van der Waals surface area contributed by atoms with E-state index in [1.54, 1.807) is 0 Å². The highest BCUT2D eigenvalue weighted by Gasteiger charge is 2.59. The zero-order chi connectivity index (χ0) is 29.7. The Bertz CT molecular complexity index is 918. The Morgan fingerprint density at radius 1 is 0.951 bits per heavy atom. The lowest BCUT2D eigenvalue weighted by molar-refractivity contribution is -0.313. The van der Waals surface area contributed by atoms with E-state index in [1.165, 1.54) is 56.9 Å². The van der Waals surface area contributed by atoms with E-state index in [2.05, 4.69) is 47.6 Å². The Morgan fingerprint density at radius 3 is 2.39 bits per heavy atom. The second kappa shape index (κ2) is 12.5. The van der Waals surface area contributed by atoms with Crippen LogP contribution >= 0.6 is 0 Å². The van der Waals surface area contributed by atoms with Crippen molar-refractivity contribution >= 4 is 0 Å². The van der Waals surface area contributed by atoms with Gasteiger partial charge in [0.2, 0.25) is 0 Å². The van der Waals surface area contributed by atoms with Crippen LogP contribution < -0.4 is 0 Å². The summed E-state index contributed by atoms with van der Waals surface area (Å²) in [5, 5.41) is 40.4. The Hall–Kier alpha value is -0.500.